The maximum atomic E-state index is 12.5. The van der Waals surface area contributed by atoms with E-state index in [0.29, 0.717) is 31.9 Å². The molecule has 0 atom stereocenters. The van der Waals surface area contributed by atoms with Crippen molar-refractivity contribution in [3.05, 3.63) is 30.2 Å². The molecule has 0 aromatic carbocycles. The van der Waals surface area contributed by atoms with Crippen molar-refractivity contribution in [1.82, 2.24) is 20.0 Å². The van der Waals surface area contributed by atoms with Gasteiger partial charge in [-0.1, -0.05) is 0 Å². The van der Waals surface area contributed by atoms with Gasteiger partial charge in [-0.2, -0.15) is 18.3 Å². The van der Waals surface area contributed by atoms with E-state index >= 15 is 0 Å². The molecule has 2 saturated heterocycles. The number of aromatic nitrogens is 4. The topological polar surface area (TPSA) is 67.2 Å². The first-order valence-electron chi connectivity index (χ1n) is 7.92. The maximum Gasteiger partial charge on any atom is 0.435 e. The number of carbonyl (C=O) groups excluding carboxylic acids is 1. The van der Waals surface area contributed by atoms with Crippen molar-refractivity contribution >= 4 is 17.4 Å². The van der Waals surface area contributed by atoms with E-state index in [-0.39, 0.29) is 11.9 Å². The molecule has 132 valence electrons. The first kappa shape index (κ1) is 15.9. The van der Waals surface area contributed by atoms with Gasteiger partial charge in [0.15, 0.2) is 11.5 Å². The van der Waals surface area contributed by atoms with Gasteiger partial charge in [0.2, 0.25) is 5.91 Å². The van der Waals surface area contributed by atoms with Crippen LogP contribution in [-0.4, -0.2) is 45.5 Å². The second-order valence-electron chi connectivity index (χ2n) is 6.16. The highest BCUT2D eigenvalue weighted by atomic mass is 19.4. The predicted octanol–water partition coefficient (Wildman–Crippen LogP) is 1.88. The Hall–Kier alpha value is -2.65. The SMILES string of the molecule is O=C1CCCN1c1cnn(C2CN(c3ccc(C(F)(F)F)nn3)C2)c1. The molecule has 0 saturated carbocycles. The first-order valence-corrected chi connectivity index (χ1v) is 7.92. The molecule has 7 nitrogen and oxygen atoms in total. The quantitative estimate of drug-likeness (QED) is 0.844. The summed E-state index contributed by atoms with van der Waals surface area (Å²) in [6.45, 7) is 1.87. The van der Waals surface area contributed by atoms with Crippen LogP contribution in [0.2, 0.25) is 0 Å². The van der Waals surface area contributed by atoms with Crippen LogP contribution in [0.15, 0.2) is 24.5 Å². The summed E-state index contributed by atoms with van der Waals surface area (Å²) in [5.41, 5.74) is -0.212. The average molecular weight is 352 g/mol. The summed E-state index contributed by atoms with van der Waals surface area (Å²) in [5.74, 6) is 0.515. The number of amides is 1. The van der Waals surface area contributed by atoms with Gasteiger partial charge < -0.3 is 9.80 Å². The molecular formula is C15H15F3N6O. The lowest BCUT2D eigenvalue weighted by Crippen LogP contribution is -2.48. The highest BCUT2D eigenvalue weighted by Gasteiger charge is 2.35. The molecule has 0 N–H and O–H groups in total. The highest BCUT2D eigenvalue weighted by Crippen LogP contribution is 2.30. The molecule has 0 radical (unpaired) electrons. The zero-order valence-electron chi connectivity index (χ0n) is 13.1. The van der Waals surface area contributed by atoms with Crippen molar-refractivity contribution < 1.29 is 18.0 Å². The number of hydrogen-bond donors (Lipinski definition) is 0. The molecule has 0 unspecified atom stereocenters. The summed E-state index contributed by atoms with van der Waals surface area (Å²) >= 11 is 0. The van der Waals surface area contributed by atoms with E-state index in [1.807, 2.05) is 11.1 Å². The number of nitrogens with zero attached hydrogens (tertiary/aromatic N) is 6. The molecule has 4 rings (SSSR count). The van der Waals surface area contributed by atoms with Crippen LogP contribution in [0.4, 0.5) is 24.7 Å². The van der Waals surface area contributed by atoms with E-state index in [0.717, 1.165) is 18.2 Å². The van der Waals surface area contributed by atoms with Crippen molar-refractivity contribution in [2.45, 2.75) is 25.1 Å². The van der Waals surface area contributed by atoms with Gasteiger partial charge in [-0.25, -0.2) is 0 Å². The van der Waals surface area contributed by atoms with Gasteiger partial charge in [0.05, 0.1) is 17.9 Å². The van der Waals surface area contributed by atoms with Crippen LogP contribution < -0.4 is 9.80 Å². The predicted molar refractivity (Wildman–Crippen MR) is 82.1 cm³/mol. The van der Waals surface area contributed by atoms with Crippen molar-refractivity contribution in [3.63, 3.8) is 0 Å². The van der Waals surface area contributed by atoms with Gasteiger partial charge in [-0.15, -0.1) is 10.2 Å². The Bertz CT molecular complexity index is 781. The molecule has 2 aromatic rings. The third-order valence-corrected chi connectivity index (χ3v) is 4.47. The van der Waals surface area contributed by atoms with Crippen molar-refractivity contribution in [1.29, 1.82) is 0 Å². The summed E-state index contributed by atoms with van der Waals surface area (Å²) in [7, 11) is 0. The van der Waals surface area contributed by atoms with Gasteiger partial charge >= 0.3 is 6.18 Å². The first-order chi connectivity index (χ1) is 11.9. The lowest BCUT2D eigenvalue weighted by atomic mass is 10.1. The molecule has 0 spiro atoms. The van der Waals surface area contributed by atoms with Crippen LogP contribution in [0.1, 0.15) is 24.6 Å². The third kappa shape index (κ3) is 2.92. The van der Waals surface area contributed by atoms with Gasteiger partial charge in [0, 0.05) is 32.3 Å². The molecule has 2 aromatic heterocycles. The van der Waals surface area contributed by atoms with E-state index in [4.69, 9.17) is 0 Å². The zero-order chi connectivity index (χ0) is 17.6. The van der Waals surface area contributed by atoms with Crippen LogP contribution in [0, 0.1) is 0 Å². The Morgan fingerprint density at radius 1 is 1.16 bits per heavy atom. The lowest BCUT2D eigenvalue weighted by Gasteiger charge is -2.39. The number of rotatable bonds is 3. The lowest BCUT2D eigenvalue weighted by molar-refractivity contribution is -0.141. The Kier molecular flexibility index (Phi) is 3.62. The fourth-order valence-electron chi connectivity index (χ4n) is 3.04. The second-order valence-corrected chi connectivity index (χ2v) is 6.16. The summed E-state index contributed by atoms with van der Waals surface area (Å²) in [4.78, 5) is 15.3. The minimum atomic E-state index is -4.48. The highest BCUT2D eigenvalue weighted by molar-refractivity contribution is 5.95. The van der Waals surface area contributed by atoms with Crippen LogP contribution >= 0.6 is 0 Å². The van der Waals surface area contributed by atoms with Crippen molar-refractivity contribution in [2.75, 3.05) is 29.4 Å². The number of hydrogen-bond acceptors (Lipinski definition) is 5. The Morgan fingerprint density at radius 3 is 2.56 bits per heavy atom. The number of anilines is 2. The molecule has 25 heavy (non-hydrogen) atoms. The smallest absolute Gasteiger partial charge is 0.351 e. The Balaban J connectivity index is 1.39. The van der Waals surface area contributed by atoms with E-state index < -0.39 is 11.9 Å². The minimum absolute atomic E-state index is 0.0931. The van der Waals surface area contributed by atoms with E-state index in [1.54, 1.807) is 15.8 Å². The van der Waals surface area contributed by atoms with Crippen LogP contribution in [0.25, 0.3) is 0 Å². The average Bonchev–Trinajstić information content (AvgIpc) is 3.14. The standard InChI is InChI=1S/C15H15F3N6O/c16-15(17,18)12-3-4-13(21-20-12)22-7-11(8-22)24-9-10(6-19-24)23-5-1-2-14(23)25/h3-4,6,9,11H,1-2,5,7-8H2. The number of halogens is 3. The molecule has 2 aliphatic heterocycles. The Morgan fingerprint density at radius 2 is 1.96 bits per heavy atom. The van der Waals surface area contributed by atoms with Gasteiger partial charge in [0.1, 0.15) is 0 Å². The summed E-state index contributed by atoms with van der Waals surface area (Å²) < 4.78 is 39.3. The second kappa shape index (κ2) is 5.71. The van der Waals surface area contributed by atoms with E-state index in [9.17, 15) is 18.0 Å². The fraction of sp³-hybridized carbons (Fsp3) is 0.467. The molecule has 4 heterocycles. The minimum Gasteiger partial charge on any atom is -0.351 e. The molecular weight excluding hydrogens is 337 g/mol. The third-order valence-electron chi connectivity index (χ3n) is 4.47. The molecule has 0 aliphatic carbocycles. The van der Waals surface area contributed by atoms with Crippen LogP contribution in [0.5, 0.6) is 0 Å². The molecule has 2 fully saturated rings. The summed E-state index contributed by atoms with van der Waals surface area (Å²) in [5, 5.41) is 11.2. The van der Waals surface area contributed by atoms with E-state index in [2.05, 4.69) is 15.3 Å². The number of carbonyl (C=O) groups is 1. The molecule has 10 heteroatoms. The Labute approximate surface area is 141 Å². The fourth-order valence-corrected chi connectivity index (χ4v) is 3.04. The van der Waals surface area contributed by atoms with Gasteiger partial charge in [-0.3, -0.25) is 9.48 Å². The maximum absolute atomic E-state index is 12.5. The van der Waals surface area contributed by atoms with Crippen LogP contribution in [0.3, 0.4) is 0 Å². The van der Waals surface area contributed by atoms with Crippen LogP contribution in [-0.2, 0) is 11.0 Å². The molecule has 1 amide bonds. The van der Waals surface area contributed by atoms with Crippen molar-refractivity contribution in [3.8, 4) is 0 Å². The summed E-state index contributed by atoms with van der Waals surface area (Å²) in [6.07, 6.45) is 0.442. The monoisotopic (exact) mass is 352 g/mol. The van der Waals surface area contributed by atoms with Gasteiger partial charge in [-0.05, 0) is 18.6 Å². The number of alkyl halides is 3. The largest absolute Gasteiger partial charge is 0.435 e. The van der Waals surface area contributed by atoms with Gasteiger partial charge in [0.25, 0.3) is 0 Å². The zero-order valence-corrected chi connectivity index (χ0v) is 13.1. The summed E-state index contributed by atoms with van der Waals surface area (Å²) in [6, 6.07) is 2.35. The van der Waals surface area contributed by atoms with E-state index in [1.165, 1.54) is 6.07 Å². The molecule has 0 bridgehead atoms. The van der Waals surface area contributed by atoms with Crippen molar-refractivity contribution in [2.24, 2.45) is 0 Å². The molecule has 2 aliphatic rings. The normalized spacial score (nSPS) is 18.8.